The summed E-state index contributed by atoms with van der Waals surface area (Å²) in [5.41, 5.74) is 1.92. The first-order valence-corrected chi connectivity index (χ1v) is 11.8. The molecule has 0 spiro atoms. The monoisotopic (exact) mass is 434 g/mol. The zero-order valence-corrected chi connectivity index (χ0v) is 18.6. The summed E-state index contributed by atoms with van der Waals surface area (Å²) in [6, 6.07) is 8.85. The molecule has 1 amide bonds. The molecule has 0 unspecified atom stereocenters. The fourth-order valence-electron chi connectivity index (χ4n) is 3.39. The maximum absolute atomic E-state index is 12.9. The molecule has 1 aliphatic rings. The first-order chi connectivity index (χ1) is 14.3. The van der Waals surface area contributed by atoms with Crippen LogP contribution in [-0.2, 0) is 21.2 Å². The van der Waals surface area contributed by atoms with Crippen LogP contribution >= 0.6 is 0 Å². The van der Waals surface area contributed by atoms with E-state index in [1.807, 2.05) is 30.9 Å². The summed E-state index contributed by atoms with van der Waals surface area (Å²) in [5.74, 6) is 0.345. The van der Waals surface area contributed by atoms with E-state index < -0.39 is 10.0 Å². The van der Waals surface area contributed by atoms with Crippen molar-refractivity contribution < 1.29 is 17.7 Å². The summed E-state index contributed by atoms with van der Waals surface area (Å²) in [7, 11) is -3.52. The Morgan fingerprint density at radius 3 is 2.40 bits per heavy atom. The Hall–Kier alpha value is -2.23. The van der Waals surface area contributed by atoms with Gasteiger partial charge in [0.25, 0.3) is 0 Å². The topological polar surface area (TPSA) is 95.8 Å². The molecule has 3 rings (SSSR count). The van der Waals surface area contributed by atoms with E-state index in [4.69, 9.17) is 4.52 Å². The Kier molecular flexibility index (Phi) is 7.27. The van der Waals surface area contributed by atoms with Gasteiger partial charge in [-0.25, -0.2) is 8.42 Å². The minimum atomic E-state index is -3.52. The fraction of sp³-hybridized carbons (Fsp3) is 0.524. The van der Waals surface area contributed by atoms with Crippen LogP contribution in [0.1, 0.15) is 44.4 Å². The summed E-state index contributed by atoms with van der Waals surface area (Å²) in [6.07, 6.45) is 1.96. The molecule has 0 atom stereocenters. The number of aryl methyl sites for hydroxylation is 1. The molecule has 2 heterocycles. The minimum Gasteiger partial charge on any atom is -0.338 e. The van der Waals surface area contributed by atoms with Crippen molar-refractivity contribution >= 4 is 21.8 Å². The van der Waals surface area contributed by atoms with Crippen LogP contribution in [0, 0.1) is 0 Å². The van der Waals surface area contributed by atoms with Gasteiger partial charge in [0.1, 0.15) is 0 Å². The molecule has 0 bridgehead atoms. The Morgan fingerprint density at radius 2 is 1.83 bits per heavy atom. The van der Waals surface area contributed by atoms with Gasteiger partial charge in [0, 0.05) is 32.2 Å². The normalized spacial score (nSPS) is 16.1. The van der Waals surface area contributed by atoms with Gasteiger partial charge in [0.2, 0.25) is 21.8 Å². The molecule has 2 aromatic rings. The van der Waals surface area contributed by atoms with E-state index >= 15 is 0 Å². The van der Waals surface area contributed by atoms with E-state index in [9.17, 15) is 13.2 Å². The number of hydrogen-bond donors (Lipinski definition) is 1. The van der Waals surface area contributed by atoms with Crippen molar-refractivity contribution in [3.8, 4) is 0 Å². The highest BCUT2D eigenvalue weighted by atomic mass is 32.2. The number of carbonyl (C=O) groups is 1. The van der Waals surface area contributed by atoms with Crippen LogP contribution in [0.25, 0.3) is 0 Å². The van der Waals surface area contributed by atoms with Crippen molar-refractivity contribution in [2.45, 2.75) is 44.4 Å². The molecule has 1 fully saturated rings. The third-order valence-electron chi connectivity index (χ3n) is 5.18. The third-order valence-corrected chi connectivity index (χ3v) is 7.09. The molecule has 1 aromatic heterocycles. The molecule has 9 heteroatoms. The van der Waals surface area contributed by atoms with Crippen molar-refractivity contribution in [1.82, 2.24) is 14.4 Å². The van der Waals surface area contributed by atoms with Gasteiger partial charge in [-0.2, -0.15) is 4.31 Å². The Balaban J connectivity index is 1.51. The molecule has 1 aliphatic heterocycles. The van der Waals surface area contributed by atoms with E-state index in [1.54, 1.807) is 18.2 Å². The lowest BCUT2D eigenvalue weighted by Gasteiger charge is -2.33. The van der Waals surface area contributed by atoms with Crippen LogP contribution < -0.4 is 5.32 Å². The molecule has 164 valence electrons. The second-order valence-corrected chi connectivity index (χ2v) is 9.83. The molecule has 1 aromatic carbocycles. The largest absolute Gasteiger partial charge is 0.338 e. The van der Waals surface area contributed by atoms with Gasteiger partial charge >= 0.3 is 0 Å². The molecule has 0 aliphatic carbocycles. The van der Waals surface area contributed by atoms with Gasteiger partial charge in [-0.05, 0) is 30.0 Å². The Morgan fingerprint density at radius 1 is 1.17 bits per heavy atom. The van der Waals surface area contributed by atoms with E-state index in [0.717, 1.165) is 24.1 Å². The number of piperazine rings is 1. The highest BCUT2D eigenvalue weighted by Crippen LogP contribution is 2.20. The second-order valence-electron chi connectivity index (χ2n) is 7.89. The first-order valence-electron chi connectivity index (χ1n) is 10.4. The van der Waals surface area contributed by atoms with E-state index in [0.29, 0.717) is 37.0 Å². The lowest BCUT2D eigenvalue weighted by Crippen LogP contribution is -2.50. The summed E-state index contributed by atoms with van der Waals surface area (Å²) in [6.45, 7) is 7.96. The van der Waals surface area contributed by atoms with Crippen molar-refractivity contribution in [3.05, 3.63) is 41.6 Å². The number of nitrogens with zero attached hydrogens (tertiary/aromatic N) is 3. The van der Waals surface area contributed by atoms with Crippen LogP contribution in [0.15, 0.2) is 39.8 Å². The van der Waals surface area contributed by atoms with Crippen LogP contribution in [0.2, 0.25) is 0 Å². The lowest BCUT2D eigenvalue weighted by molar-refractivity contribution is -0.117. The van der Waals surface area contributed by atoms with Crippen molar-refractivity contribution in [2.24, 2.45) is 0 Å². The molecule has 1 saturated heterocycles. The standard InChI is InChI=1S/C21H30N4O4S/c1-4-5-17-6-8-18(9-7-17)30(27,28)25-12-10-24(11-13-25)15-20(26)22-21-14-19(16(2)3)23-29-21/h6-9,14,16H,4-5,10-13,15H2,1-3H3,(H,22,26). The average Bonchev–Trinajstić information content (AvgIpc) is 3.18. The number of aromatic nitrogens is 1. The summed E-state index contributed by atoms with van der Waals surface area (Å²) < 4.78 is 32.4. The number of benzene rings is 1. The zero-order chi connectivity index (χ0) is 21.7. The van der Waals surface area contributed by atoms with Gasteiger partial charge < -0.3 is 4.52 Å². The predicted octanol–water partition coefficient (Wildman–Crippen LogP) is 2.70. The summed E-state index contributed by atoms with van der Waals surface area (Å²) in [4.78, 5) is 14.5. The molecule has 0 saturated carbocycles. The minimum absolute atomic E-state index is 0.178. The van der Waals surface area contributed by atoms with Crippen LogP contribution in [0.4, 0.5) is 5.88 Å². The molecular formula is C21H30N4O4S. The van der Waals surface area contributed by atoms with E-state index in [2.05, 4.69) is 17.4 Å². The van der Waals surface area contributed by atoms with Crippen LogP contribution in [-0.4, -0.2) is 61.4 Å². The van der Waals surface area contributed by atoms with Gasteiger partial charge in [-0.15, -0.1) is 0 Å². The SMILES string of the molecule is CCCc1ccc(S(=O)(=O)N2CCN(CC(=O)Nc3cc(C(C)C)no3)CC2)cc1. The maximum Gasteiger partial charge on any atom is 0.243 e. The second kappa shape index (κ2) is 9.72. The van der Waals surface area contributed by atoms with E-state index in [-0.39, 0.29) is 18.4 Å². The maximum atomic E-state index is 12.9. The number of sulfonamides is 1. The molecule has 1 N–H and O–H groups in total. The predicted molar refractivity (Wildman–Crippen MR) is 115 cm³/mol. The smallest absolute Gasteiger partial charge is 0.243 e. The van der Waals surface area contributed by atoms with Crippen LogP contribution in [0.3, 0.4) is 0 Å². The quantitative estimate of drug-likeness (QED) is 0.686. The number of anilines is 1. The highest BCUT2D eigenvalue weighted by molar-refractivity contribution is 7.89. The van der Waals surface area contributed by atoms with Crippen molar-refractivity contribution in [2.75, 3.05) is 38.0 Å². The number of amides is 1. The van der Waals surface area contributed by atoms with Gasteiger partial charge in [-0.3, -0.25) is 15.0 Å². The fourth-order valence-corrected chi connectivity index (χ4v) is 4.82. The zero-order valence-electron chi connectivity index (χ0n) is 17.8. The molecule has 0 radical (unpaired) electrons. The lowest BCUT2D eigenvalue weighted by atomic mass is 10.1. The van der Waals surface area contributed by atoms with E-state index in [1.165, 1.54) is 4.31 Å². The number of nitrogens with one attached hydrogen (secondary N) is 1. The summed E-state index contributed by atoms with van der Waals surface area (Å²) >= 11 is 0. The summed E-state index contributed by atoms with van der Waals surface area (Å²) in [5, 5.41) is 6.63. The molecular weight excluding hydrogens is 404 g/mol. The highest BCUT2D eigenvalue weighted by Gasteiger charge is 2.29. The van der Waals surface area contributed by atoms with Crippen LogP contribution in [0.5, 0.6) is 0 Å². The van der Waals surface area contributed by atoms with Gasteiger partial charge in [0.15, 0.2) is 0 Å². The van der Waals surface area contributed by atoms with Gasteiger partial charge in [0.05, 0.1) is 17.1 Å². The van der Waals surface area contributed by atoms with Gasteiger partial charge in [-0.1, -0.05) is 44.5 Å². The molecule has 30 heavy (non-hydrogen) atoms. The number of rotatable bonds is 8. The Bertz CT molecular complexity index is 946. The van der Waals surface area contributed by atoms with Crippen molar-refractivity contribution in [1.29, 1.82) is 0 Å². The average molecular weight is 435 g/mol. The number of carbonyl (C=O) groups excluding carboxylic acids is 1. The number of hydrogen-bond acceptors (Lipinski definition) is 6. The third kappa shape index (κ3) is 5.47. The first kappa shape index (κ1) is 22.5. The Labute approximate surface area is 178 Å². The molecule has 8 nitrogen and oxygen atoms in total. The van der Waals surface area contributed by atoms with Crippen molar-refractivity contribution in [3.63, 3.8) is 0 Å².